The molecule has 0 aliphatic rings. The number of hydrogen-bond acceptors (Lipinski definition) is 5. The van der Waals surface area contributed by atoms with Gasteiger partial charge in [0.25, 0.3) is 5.91 Å². The number of amides is 1. The molecule has 2 heterocycles. The maximum absolute atomic E-state index is 11.7. The molecule has 100 valence electrons. The van der Waals surface area contributed by atoms with Crippen LogP contribution in [0.4, 0.5) is 0 Å². The maximum Gasteiger partial charge on any atom is 0.354 e. The van der Waals surface area contributed by atoms with Crippen LogP contribution in [0, 0.1) is 0 Å². The number of carbonyl (C=O) groups is 2. The second-order valence-corrected chi connectivity index (χ2v) is 3.77. The highest BCUT2D eigenvalue weighted by molar-refractivity contribution is 6.02. The molecule has 0 saturated carbocycles. The van der Waals surface area contributed by atoms with Crippen molar-refractivity contribution in [3.63, 3.8) is 0 Å². The van der Waals surface area contributed by atoms with Gasteiger partial charge in [0.05, 0.1) is 6.33 Å². The van der Waals surface area contributed by atoms with Gasteiger partial charge in [0.15, 0.2) is 17.2 Å². The molecule has 0 radical (unpaired) electrons. The van der Waals surface area contributed by atoms with Gasteiger partial charge in [-0.1, -0.05) is 0 Å². The summed E-state index contributed by atoms with van der Waals surface area (Å²) in [6.07, 6.45) is 3.19. The minimum atomic E-state index is -1.23. The highest BCUT2D eigenvalue weighted by atomic mass is 16.4. The summed E-state index contributed by atoms with van der Waals surface area (Å²) >= 11 is 0. The predicted octanol–water partition coefficient (Wildman–Crippen LogP) is -0.791. The zero-order valence-corrected chi connectivity index (χ0v) is 10.1. The van der Waals surface area contributed by atoms with E-state index in [1.165, 1.54) is 6.33 Å². The zero-order valence-electron chi connectivity index (χ0n) is 10.1. The topological polar surface area (TPSA) is 126 Å². The van der Waals surface area contributed by atoms with Crippen molar-refractivity contribution in [1.82, 2.24) is 30.0 Å². The molecule has 0 spiro atoms. The minimum absolute atomic E-state index is 0.138. The van der Waals surface area contributed by atoms with Gasteiger partial charge in [0, 0.05) is 20.0 Å². The Bertz CT molecular complexity index is 602. The minimum Gasteiger partial charge on any atom is -0.477 e. The third-order valence-electron chi connectivity index (χ3n) is 2.35. The van der Waals surface area contributed by atoms with Crippen LogP contribution in [0.3, 0.4) is 0 Å². The Morgan fingerprint density at radius 3 is 2.89 bits per heavy atom. The van der Waals surface area contributed by atoms with Gasteiger partial charge in [-0.05, 0) is 0 Å². The lowest BCUT2D eigenvalue weighted by molar-refractivity contribution is 0.0685. The van der Waals surface area contributed by atoms with Crippen molar-refractivity contribution in [2.75, 3.05) is 6.54 Å². The van der Waals surface area contributed by atoms with Crippen LogP contribution in [0.15, 0.2) is 12.7 Å². The Morgan fingerprint density at radius 1 is 1.47 bits per heavy atom. The van der Waals surface area contributed by atoms with Crippen LogP contribution in [0.25, 0.3) is 0 Å². The monoisotopic (exact) mass is 264 g/mol. The fourth-order valence-electron chi connectivity index (χ4n) is 1.50. The fraction of sp³-hybridized carbons (Fsp3) is 0.300. The molecule has 1 amide bonds. The number of carboxylic acids is 1. The van der Waals surface area contributed by atoms with Crippen LogP contribution in [-0.4, -0.2) is 48.3 Å². The van der Waals surface area contributed by atoms with E-state index < -0.39 is 11.9 Å². The Morgan fingerprint density at radius 2 is 2.26 bits per heavy atom. The second kappa shape index (κ2) is 5.29. The van der Waals surface area contributed by atoms with Gasteiger partial charge in [-0.2, -0.15) is 5.10 Å². The van der Waals surface area contributed by atoms with Gasteiger partial charge >= 0.3 is 5.97 Å². The molecular weight excluding hydrogens is 252 g/mol. The molecule has 2 rings (SSSR count). The van der Waals surface area contributed by atoms with Crippen LogP contribution < -0.4 is 5.32 Å². The summed E-state index contributed by atoms with van der Waals surface area (Å²) in [5.41, 5.74) is -0.366. The molecule has 9 nitrogen and oxygen atoms in total. The lowest BCUT2D eigenvalue weighted by atomic mass is 10.3. The molecule has 0 aromatic carbocycles. The van der Waals surface area contributed by atoms with Crippen LogP contribution in [0.2, 0.25) is 0 Å². The SMILES string of the molecule is Cn1cnc(CCNC(=O)c2nc[nH]c2C(=O)O)n1. The van der Waals surface area contributed by atoms with E-state index in [1.807, 2.05) is 0 Å². The quantitative estimate of drug-likeness (QED) is 0.649. The van der Waals surface area contributed by atoms with Crippen molar-refractivity contribution in [3.8, 4) is 0 Å². The number of aryl methyl sites for hydroxylation is 1. The summed E-state index contributed by atoms with van der Waals surface area (Å²) in [7, 11) is 1.75. The molecule has 0 unspecified atom stereocenters. The number of carbonyl (C=O) groups excluding carboxylic acids is 1. The molecule has 3 N–H and O–H groups in total. The first kappa shape index (κ1) is 12.7. The van der Waals surface area contributed by atoms with E-state index in [2.05, 4.69) is 25.4 Å². The lowest BCUT2D eigenvalue weighted by Crippen LogP contribution is -2.27. The summed E-state index contributed by atoms with van der Waals surface area (Å²) in [5.74, 6) is -1.17. The number of imidazole rings is 1. The first-order valence-corrected chi connectivity index (χ1v) is 5.47. The maximum atomic E-state index is 11.7. The van der Waals surface area contributed by atoms with E-state index >= 15 is 0 Å². The number of nitrogens with zero attached hydrogens (tertiary/aromatic N) is 4. The third-order valence-corrected chi connectivity index (χ3v) is 2.35. The van der Waals surface area contributed by atoms with Crippen LogP contribution in [0.5, 0.6) is 0 Å². The average Bonchev–Trinajstić information content (AvgIpc) is 2.97. The average molecular weight is 264 g/mol. The Balaban J connectivity index is 1.91. The number of aromatic nitrogens is 5. The van der Waals surface area contributed by atoms with Crippen molar-refractivity contribution in [1.29, 1.82) is 0 Å². The molecule has 0 aliphatic heterocycles. The van der Waals surface area contributed by atoms with Crippen LogP contribution in [0.1, 0.15) is 26.8 Å². The summed E-state index contributed by atoms with van der Waals surface area (Å²) in [5, 5.41) is 15.5. The Kier molecular flexibility index (Phi) is 3.55. The number of H-pyrrole nitrogens is 1. The van der Waals surface area contributed by atoms with E-state index in [0.29, 0.717) is 18.8 Å². The highest BCUT2D eigenvalue weighted by Crippen LogP contribution is 2.02. The third kappa shape index (κ3) is 2.94. The number of nitrogens with one attached hydrogen (secondary N) is 2. The first-order chi connectivity index (χ1) is 9.08. The largest absolute Gasteiger partial charge is 0.477 e. The Labute approximate surface area is 107 Å². The number of carboxylic acid groups (broad SMARTS) is 1. The van der Waals surface area contributed by atoms with E-state index in [-0.39, 0.29) is 11.4 Å². The number of hydrogen-bond donors (Lipinski definition) is 3. The molecule has 0 atom stereocenters. The number of rotatable bonds is 5. The van der Waals surface area contributed by atoms with Gasteiger partial charge in [-0.3, -0.25) is 9.48 Å². The summed E-state index contributed by atoms with van der Waals surface area (Å²) < 4.78 is 1.56. The molecule has 19 heavy (non-hydrogen) atoms. The first-order valence-electron chi connectivity index (χ1n) is 5.47. The molecule has 0 fully saturated rings. The summed E-state index contributed by atoms with van der Waals surface area (Å²) in [6.45, 7) is 0.300. The van der Waals surface area contributed by atoms with Crippen LogP contribution in [-0.2, 0) is 13.5 Å². The molecule has 9 heteroatoms. The normalized spacial score (nSPS) is 10.4. The lowest BCUT2D eigenvalue weighted by Gasteiger charge is -2.01. The van der Waals surface area contributed by atoms with Crippen LogP contribution >= 0.6 is 0 Å². The van der Waals surface area contributed by atoms with Crippen molar-refractivity contribution in [2.45, 2.75) is 6.42 Å². The van der Waals surface area contributed by atoms with Gasteiger partial charge in [-0.25, -0.2) is 14.8 Å². The standard InChI is InChI=1S/C10H12N6O3/c1-16-5-14-6(15-16)2-3-11-9(17)7-8(10(18)19)13-4-12-7/h4-5H,2-3H2,1H3,(H,11,17)(H,12,13)(H,18,19). The highest BCUT2D eigenvalue weighted by Gasteiger charge is 2.19. The number of aromatic amines is 1. The predicted molar refractivity (Wildman–Crippen MR) is 62.6 cm³/mol. The zero-order chi connectivity index (χ0) is 13.8. The van der Waals surface area contributed by atoms with E-state index in [0.717, 1.165) is 0 Å². The fourth-order valence-corrected chi connectivity index (χ4v) is 1.50. The molecule has 2 aromatic heterocycles. The van der Waals surface area contributed by atoms with E-state index in [1.54, 1.807) is 18.1 Å². The van der Waals surface area contributed by atoms with Crippen molar-refractivity contribution >= 4 is 11.9 Å². The van der Waals surface area contributed by atoms with Crippen molar-refractivity contribution in [2.24, 2.45) is 7.05 Å². The van der Waals surface area contributed by atoms with Gasteiger partial charge in [0.1, 0.15) is 6.33 Å². The molecule has 0 bridgehead atoms. The molecule has 0 saturated heterocycles. The van der Waals surface area contributed by atoms with Crippen molar-refractivity contribution in [3.05, 3.63) is 29.9 Å². The van der Waals surface area contributed by atoms with Gasteiger partial charge < -0.3 is 15.4 Å². The molecule has 0 aliphatic carbocycles. The molecule has 2 aromatic rings. The van der Waals surface area contributed by atoms with Gasteiger partial charge in [0.2, 0.25) is 0 Å². The Hall–Kier alpha value is -2.71. The second-order valence-electron chi connectivity index (χ2n) is 3.77. The van der Waals surface area contributed by atoms with E-state index in [4.69, 9.17) is 5.11 Å². The van der Waals surface area contributed by atoms with Crippen molar-refractivity contribution < 1.29 is 14.7 Å². The van der Waals surface area contributed by atoms with Gasteiger partial charge in [-0.15, -0.1) is 0 Å². The smallest absolute Gasteiger partial charge is 0.354 e. The summed E-state index contributed by atoms with van der Waals surface area (Å²) in [6, 6.07) is 0. The molecular formula is C10H12N6O3. The van der Waals surface area contributed by atoms with E-state index in [9.17, 15) is 9.59 Å². The summed E-state index contributed by atoms with van der Waals surface area (Å²) in [4.78, 5) is 32.6. The number of aromatic carboxylic acids is 1.